The lowest BCUT2D eigenvalue weighted by Gasteiger charge is -2.62. The van der Waals surface area contributed by atoms with Crippen LogP contribution in [0.15, 0.2) is 0 Å². The quantitative estimate of drug-likeness (QED) is 0.260. The van der Waals surface area contributed by atoms with E-state index in [0.29, 0.717) is 41.8 Å². The maximum atomic E-state index is 11.7. The second-order valence-corrected chi connectivity index (χ2v) is 15.2. The zero-order chi connectivity index (χ0) is 27.5. The Balaban J connectivity index is 1.36. The topological polar surface area (TPSA) is 87.5 Å². The molecule has 0 amide bonds. The third-order valence-electron chi connectivity index (χ3n) is 12.6. The van der Waals surface area contributed by atoms with E-state index in [2.05, 4.69) is 44.8 Å². The second-order valence-electron chi connectivity index (χ2n) is 15.2. The normalized spacial score (nSPS) is 41.7. The number of rotatable bonds is 13. The fraction of sp³-hybridized carbons (Fsp3) is 1.00. The van der Waals surface area contributed by atoms with Gasteiger partial charge in [0.25, 0.3) is 0 Å². The van der Waals surface area contributed by atoms with Crippen molar-refractivity contribution in [2.45, 2.75) is 117 Å². The van der Waals surface area contributed by atoms with Crippen molar-refractivity contribution in [1.29, 1.82) is 0 Å². The number of aliphatic hydroxyl groups is 1. The van der Waals surface area contributed by atoms with Crippen molar-refractivity contribution in [3.05, 3.63) is 0 Å². The smallest absolute Gasteiger partial charge is 0.0577 e. The first-order valence-corrected chi connectivity index (χ1v) is 16.7. The molecule has 0 aliphatic heterocycles. The van der Waals surface area contributed by atoms with Crippen molar-refractivity contribution in [3.63, 3.8) is 0 Å². The number of hydrogen-bond donors (Lipinski definition) is 4. The minimum atomic E-state index is -0.0963. The van der Waals surface area contributed by atoms with Gasteiger partial charge in [-0.25, -0.2) is 0 Å². The van der Waals surface area contributed by atoms with E-state index in [1.165, 1.54) is 64.2 Å². The molecular formula is C33H64N4O. The predicted octanol–water partition coefficient (Wildman–Crippen LogP) is 5.26. The van der Waals surface area contributed by atoms with E-state index >= 15 is 0 Å². The Morgan fingerprint density at radius 3 is 2.24 bits per heavy atom. The molecule has 4 aliphatic rings. The van der Waals surface area contributed by atoms with Crippen LogP contribution >= 0.6 is 0 Å². The number of nitrogens with two attached hydrogens (primary N) is 2. The van der Waals surface area contributed by atoms with E-state index in [1.807, 2.05) is 0 Å². The summed E-state index contributed by atoms with van der Waals surface area (Å²) in [4.78, 5) is 2.38. The van der Waals surface area contributed by atoms with E-state index in [0.717, 1.165) is 62.2 Å². The van der Waals surface area contributed by atoms with Gasteiger partial charge >= 0.3 is 0 Å². The minimum absolute atomic E-state index is 0.0963. The first-order chi connectivity index (χ1) is 18.1. The summed E-state index contributed by atoms with van der Waals surface area (Å²) in [5, 5.41) is 15.6. The molecule has 0 aromatic heterocycles. The van der Waals surface area contributed by atoms with E-state index in [9.17, 15) is 5.11 Å². The fourth-order valence-corrected chi connectivity index (χ4v) is 10.6. The van der Waals surface area contributed by atoms with Gasteiger partial charge in [-0.1, -0.05) is 53.9 Å². The summed E-state index contributed by atoms with van der Waals surface area (Å²) in [5.41, 5.74) is 12.4. The molecule has 0 aromatic rings. The van der Waals surface area contributed by atoms with Crippen LogP contribution < -0.4 is 16.8 Å². The van der Waals surface area contributed by atoms with Gasteiger partial charge in [0.1, 0.15) is 0 Å². The highest BCUT2D eigenvalue weighted by atomic mass is 16.3. The largest absolute Gasteiger partial charge is 0.393 e. The molecule has 222 valence electrons. The van der Waals surface area contributed by atoms with E-state index in [4.69, 9.17) is 11.5 Å². The van der Waals surface area contributed by atoms with Crippen LogP contribution in [0.5, 0.6) is 0 Å². The average Bonchev–Trinajstić information content (AvgIpc) is 3.22. The molecule has 5 nitrogen and oxygen atoms in total. The van der Waals surface area contributed by atoms with Crippen LogP contribution in [-0.4, -0.2) is 61.4 Å². The van der Waals surface area contributed by atoms with Crippen molar-refractivity contribution < 1.29 is 5.11 Å². The van der Waals surface area contributed by atoms with Crippen LogP contribution in [0, 0.1) is 52.3 Å². The van der Waals surface area contributed by atoms with Gasteiger partial charge in [-0.3, -0.25) is 4.90 Å². The number of hydrogen-bond acceptors (Lipinski definition) is 5. The van der Waals surface area contributed by atoms with Gasteiger partial charge in [-0.2, -0.15) is 0 Å². The number of nitrogens with zero attached hydrogens (tertiary/aromatic N) is 1. The molecular weight excluding hydrogens is 468 g/mol. The SMILES string of the molecule is CC(C)CCC[C@@H](C)[C@H]1CCC2C3C(CC[C@@]21C)[C@@]1(C)CC[C@H](NCCN(CCN)CCN)C[C@@H]1C[C@H]3O. The summed E-state index contributed by atoms with van der Waals surface area (Å²) < 4.78 is 0. The minimum Gasteiger partial charge on any atom is -0.393 e. The number of fused-ring (bicyclic) bond motifs is 5. The summed E-state index contributed by atoms with van der Waals surface area (Å²) in [6, 6.07) is 0.589. The van der Waals surface area contributed by atoms with Gasteiger partial charge < -0.3 is 21.9 Å². The zero-order valence-corrected chi connectivity index (χ0v) is 25.8. The Hall–Kier alpha value is -0.200. The molecule has 0 spiro atoms. The first-order valence-electron chi connectivity index (χ1n) is 16.7. The molecule has 10 atom stereocenters. The van der Waals surface area contributed by atoms with Crippen molar-refractivity contribution in [3.8, 4) is 0 Å². The Morgan fingerprint density at radius 1 is 0.868 bits per heavy atom. The molecule has 6 N–H and O–H groups in total. The van der Waals surface area contributed by atoms with Gasteiger partial charge in [0.15, 0.2) is 0 Å². The van der Waals surface area contributed by atoms with Crippen LogP contribution in [0.4, 0.5) is 0 Å². The summed E-state index contributed by atoms with van der Waals surface area (Å²) in [6.07, 6.45) is 14.5. The Kier molecular flexibility index (Phi) is 10.7. The maximum Gasteiger partial charge on any atom is 0.0577 e. The van der Waals surface area contributed by atoms with Crippen LogP contribution in [0.1, 0.15) is 105 Å². The highest BCUT2D eigenvalue weighted by Gasteiger charge is 2.62. The van der Waals surface area contributed by atoms with Gasteiger partial charge in [0.05, 0.1) is 6.10 Å². The zero-order valence-electron chi connectivity index (χ0n) is 25.8. The van der Waals surface area contributed by atoms with E-state index in [-0.39, 0.29) is 6.10 Å². The first kappa shape index (κ1) is 30.8. The summed E-state index contributed by atoms with van der Waals surface area (Å²) in [7, 11) is 0. The summed E-state index contributed by atoms with van der Waals surface area (Å²) >= 11 is 0. The monoisotopic (exact) mass is 533 g/mol. The lowest BCUT2D eigenvalue weighted by Crippen LogP contribution is -2.59. The number of nitrogens with one attached hydrogen (secondary N) is 1. The molecule has 0 heterocycles. The Labute approximate surface area is 235 Å². The molecule has 0 aromatic carbocycles. The molecule has 4 rings (SSSR count). The molecule has 0 radical (unpaired) electrons. The lowest BCUT2D eigenvalue weighted by atomic mass is 9.43. The molecule has 4 fully saturated rings. The predicted molar refractivity (Wildman–Crippen MR) is 161 cm³/mol. The van der Waals surface area contributed by atoms with Crippen molar-refractivity contribution >= 4 is 0 Å². The molecule has 0 saturated heterocycles. The second kappa shape index (κ2) is 13.2. The van der Waals surface area contributed by atoms with Gasteiger partial charge in [-0.15, -0.1) is 0 Å². The van der Waals surface area contributed by atoms with Crippen molar-refractivity contribution in [1.82, 2.24) is 10.2 Å². The van der Waals surface area contributed by atoms with Crippen LogP contribution in [0.25, 0.3) is 0 Å². The third kappa shape index (κ3) is 6.32. The molecule has 3 unspecified atom stereocenters. The van der Waals surface area contributed by atoms with Gasteiger partial charge in [0, 0.05) is 45.3 Å². The fourth-order valence-electron chi connectivity index (χ4n) is 10.6. The molecule has 4 aliphatic carbocycles. The van der Waals surface area contributed by atoms with Crippen molar-refractivity contribution in [2.24, 2.45) is 63.7 Å². The highest BCUT2D eigenvalue weighted by molar-refractivity contribution is 5.12. The lowest BCUT2D eigenvalue weighted by molar-refractivity contribution is -0.167. The highest BCUT2D eigenvalue weighted by Crippen LogP contribution is 2.68. The molecule has 0 bridgehead atoms. The van der Waals surface area contributed by atoms with Crippen LogP contribution in [0.2, 0.25) is 0 Å². The standard InChI is InChI=1S/C33H64N4O/c1-23(2)7-6-8-24(3)27-9-10-28-31-29(12-14-33(27,28)5)32(4)13-11-26(21-25(32)22-30(31)38)36-17-20-37(18-15-34)19-16-35/h23-31,36,38H,6-22,34-35H2,1-5H3/t24-,25-,26+,27-,28?,29?,30-,31?,32+,33-/m1/s1. The Bertz CT molecular complexity index is 726. The molecule has 5 heteroatoms. The third-order valence-corrected chi connectivity index (χ3v) is 12.6. The molecule has 4 saturated carbocycles. The van der Waals surface area contributed by atoms with Crippen LogP contribution in [0.3, 0.4) is 0 Å². The van der Waals surface area contributed by atoms with Crippen molar-refractivity contribution in [2.75, 3.05) is 39.3 Å². The maximum absolute atomic E-state index is 11.7. The van der Waals surface area contributed by atoms with E-state index in [1.54, 1.807) is 0 Å². The number of aliphatic hydroxyl groups excluding tert-OH is 1. The molecule has 38 heavy (non-hydrogen) atoms. The van der Waals surface area contributed by atoms with Crippen LogP contribution in [-0.2, 0) is 0 Å². The Morgan fingerprint density at radius 2 is 1.55 bits per heavy atom. The van der Waals surface area contributed by atoms with E-state index < -0.39 is 0 Å². The average molecular weight is 533 g/mol. The van der Waals surface area contributed by atoms with Gasteiger partial charge in [-0.05, 0) is 104 Å². The van der Waals surface area contributed by atoms with Gasteiger partial charge in [0.2, 0.25) is 0 Å². The summed E-state index contributed by atoms with van der Waals surface area (Å²) in [6.45, 7) is 17.8. The summed E-state index contributed by atoms with van der Waals surface area (Å²) in [5.74, 6) is 5.16.